The fourth-order valence-corrected chi connectivity index (χ4v) is 1.76. The second-order valence-corrected chi connectivity index (χ2v) is 4.49. The van der Waals surface area contributed by atoms with Gasteiger partial charge in [-0.2, -0.15) is 4.98 Å². The van der Waals surface area contributed by atoms with E-state index in [9.17, 15) is 0 Å². The predicted molar refractivity (Wildman–Crippen MR) is 59.2 cm³/mol. The van der Waals surface area contributed by atoms with Crippen LogP contribution in [-0.4, -0.2) is 20.6 Å². The maximum Gasteiger partial charge on any atom is 0.243 e. The summed E-state index contributed by atoms with van der Waals surface area (Å²) in [6.07, 6.45) is 2.96. The van der Waals surface area contributed by atoms with Crippen molar-refractivity contribution in [2.45, 2.75) is 19.4 Å². The summed E-state index contributed by atoms with van der Waals surface area (Å²) in [7, 11) is 0. The van der Waals surface area contributed by atoms with Gasteiger partial charge in [-0.05, 0) is 24.5 Å². The van der Waals surface area contributed by atoms with Gasteiger partial charge >= 0.3 is 0 Å². The lowest BCUT2D eigenvalue weighted by atomic mass is 10.5. The standard InChI is InChI=1S/C10H11ClN4/c1-6-4-8(6)12-10-13-9-3-2-7(11)5-15(9)14-10/h2-3,5-6,8H,4H2,1H3,(H,12,14). The maximum atomic E-state index is 5.86. The Bertz CT molecular complexity index is 507. The smallest absolute Gasteiger partial charge is 0.243 e. The van der Waals surface area contributed by atoms with Crippen LogP contribution in [0.25, 0.3) is 5.65 Å². The Morgan fingerprint density at radius 1 is 1.53 bits per heavy atom. The fraction of sp³-hybridized carbons (Fsp3) is 0.400. The third-order valence-electron chi connectivity index (χ3n) is 2.72. The van der Waals surface area contributed by atoms with E-state index in [-0.39, 0.29) is 0 Å². The van der Waals surface area contributed by atoms with Gasteiger partial charge in [0.05, 0.1) is 5.02 Å². The number of nitrogens with zero attached hydrogens (tertiary/aromatic N) is 3. The molecule has 1 aliphatic carbocycles. The van der Waals surface area contributed by atoms with E-state index in [0.29, 0.717) is 17.0 Å². The Kier molecular flexibility index (Phi) is 1.85. The highest BCUT2D eigenvalue weighted by Crippen LogP contribution is 2.31. The second kappa shape index (κ2) is 3.10. The van der Waals surface area contributed by atoms with Crippen LogP contribution in [0.5, 0.6) is 0 Å². The van der Waals surface area contributed by atoms with Crippen LogP contribution in [0, 0.1) is 5.92 Å². The van der Waals surface area contributed by atoms with E-state index < -0.39 is 0 Å². The average molecular weight is 223 g/mol. The minimum Gasteiger partial charge on any atom is -0.350 e. The summed E-state index contributed by atoms with van der Waals surface area (Å²) in [4.78, 5) is 4.35. The summed E-state index contributed by atoms with van der Waals surface area (Å²) in [6.45, 7) is 2.21. The van der Waals surface area contributed by atoms with Gasteiger partial charge in [0, 0.05) is 12.2 Å². The van der Waals surface area contributed by atoms with Crippen molar-refractivity contribution in [2.24, 2.45) is 5.92 Å². The van der Waals surface area contributed by atoms with Gasteiger partial charge in [0.2, 0.25) is 5.95 Å². The summed E-state index contributed by atoms with van der Waals surface area (Å²) >= 11 is 5.86. The fourth-order valence-electron chi connectivity index (χ4n) is 1.61. The molecule has 5 heteroatoms. The number of anilines is 1. The van der Waals surface area contributed by atoms with Crippen molar-refractivity contribution in [3.63, 3.8) is 0 Å². The first-order chi connectivity index (χ1) is 7.22. The Morgan fingerprint density at radius 3 is 3.07 bits per heavy atom. The highest BCUT2D eigenvalue weighted by atomic mass is 35.5. The van der Waals surface area contributed by atoms with Crippen LogP contribution in [0.2, 0.25) is 5.02 Å². The van der Waals surface area contributed by atoms with Crippen molar-refractivity contribution in [2.75, 3.05) is 5.32 Å². The third kappa shape index (κ3) is 1.65. The highest BCUT2D eigenvalue weighted by Gasteiger charge is 2.33. The predicted octanol–water partition coefficient (Wildman–Crippen LogP) is 2.20. The number of nitrogens with one attached hydrogen (secondary N) is 1. The topological polar surface area (TPSA) is 42.2 Å². The number of halogens is 1. The molecule has 1 N–H and O–H groups in total. The van der Waals surface area contributed by atoms with Gasteiger partial charge in [0.25, 0.3) is 0 Å². The number of rotatable bonds is 2. The number of pyridine rings is 1. The van der Waals surface area contributed by atoms with E-state index in [2.05, 4.69) is 22.3 Å². The molecule has 15 heavy (non-hydrogen) atoms. The molecule has 2 heterocycles. The van der Waals surface area contributed by atoms with Gasteiger partial charge < -0.3 is 5.32 Å². The summed E-state index contributed by atoms with van der Waals surface area (Å²) < 4.78 is 1.69. The summed E-state index contributed by atoms with van der Waals surface area (Å²) in [5.74, 6) is 1.42. The minimum atomic E-state index is 0.540. The maximum absolute atomic E-state index is 5.86. The van der Waals surface area contributed by atoms with E-state index in [1.807, 2.05) is 12.1 Å². The zero-order valence-electron chi connectivity index (χ0n) is 8.31. The largest absolute Gasteiger partial charge is 0.350 e. The molecule has 78 valence electrons. The Morgan fingerprint density at radius 2 is 2.33 bits per heavy atom. The van der Waals surface area contributed by atoms with Crippen molar-refractivity contribution in [3.8, 4) is 0 Å². The number of hydrogen-bond donors (Lipinski definition) is 1. The lowest BCUT2D eigenvalue weighted by Crippen LogP contribution is -2.04. The average Bonchev–Trinajstić information content (AvgIpc) is 2.75. The van der Waals surface area contributed by atoms with Crippen LogP contribution in [0.15, 0.2) is 18.3 Å². The van der Waals surface area contributed by atoms with Crippen LogP contribution in [0.1, 0.15) is 13.3 Å². The van der Waals surface area contributed by atoms with Crippen LogP contribution in [0.3, 0.4) is 0 Å². The number of hydrogen-bond acceptors (Lipinski definition) is 3. The molecule has 0 spiro atoms. The monoisotopic (exact) mass is 222 g/mol. The van der Waals surface area contributed by atoms with Gasteiger partial charge in [-0.3, -0.25) is 0 Å². The lowest BCUT2D eigenvalue weighted by Gasteiger charge is -1.95. The molecule has 0 amide bonds. The van der Waals surface area contributed by atoms with Crippen molar-refractivity contribution in [1.82, 2.24) is 14.6 Å². The van der Waals surface area contributed by atoms with E-state index in [0.717, 1.165) is 11.6 Å². The Hall–Kier alpha value is -1.29. The van der Waals surface area contributed by atoms with Crippen LogP contribution in [-0.2, 0) is 0 Å². The molecule has 0 bridgehead atoms. The zero-order chi connectivity index (χ0) is 10.4. The molecule has 3 rings (SSSR count). The molecule has 0 radical (unpaired) electrons. The molecule has 4 nitrogen and oxygen atoms in total. The number of fused-ring (bicyclic) bond motifs is 1. The second-order valence-electron chi connectivity index (χ2n) is 4.05. The molecule has 2 atom stereocenters. The summed E-state index contributed by atoms with van der Waals surface area (Å²) in [5.41, 5.74) is 0.815. The quantitative estimate of drug-likeness (QED) is 0.847. The first-order valence-corrected chi connectivity index (χ1v) is 5.38. The minimum absolute atomic E-state index is 0.540. The number of aromatic nitrogens is 3. The Labute approximate surface area is 92.3 Å². The molecule has 0 aliphatic heterocycles. The molecule has 2 aromatic heterocycles. The molecule has 1 aliphatic rings. The van der Waals surface area contributed by atoms with E-state index in [1.165, 1.54) is 6.42 Å². The normalized spacial score (nSPS) is 24.4. The van der Waals surface area contributed by atoms with Crippen LogP contribution >= 0.6 is 11.6 Å². The molecule has 2 unspecified atom stereocenters. The first-order valence-electron chi connectivity index (χ1n) is 5.01. The van der Waals surface area contributed by atoms with E-state index in [4.69, 9.17) is 11.6 Å². The van der Waals surface area contributed by atoms with Gasteiger partial charge in [0.1, 0.15) is 0 Å². The highest BCUT2D eigenvalue weighted by molar-refractivity contribution is 6.30. The molecule has 1 saturated carbocycles. The zero-order valence-corrected chi connectivity index (χ0v) is 9.07. The van der Waals surface area contributed by atoms with Gasteiger partial charge in [-0.15, -0.1) is 5.10 Å². The van der Waals surface area contributed by atoms with Crippen molar-refractivity contribution in [1.29, 1.82) is 0 Å². The van der Waals surface area contributed by atoms with Gasteiger partial charge in [0.15, 0.2) is 5.65 Å². The molecule has 0 aromatic carbocycles. The summed E-state index contributed by atoms with van der Waals surface area (Å²) in [5, 5.41) is 8.25. The molecule has 0 saturated heterocycles. The van der Waals surface area contributed by atoms with Crippen molar-refractivity contribution in [3.05, 3.63) is 23.4 Å². The van der Waals surface area contributed by atoms with Crippen LogP contribution in [0.4, 0.5) is 5.95 Å². The molecule has 2 aromatic rings. The van der Waals surface area contributed by atoms with Crippen LogP contribution < -0.4 is 5.32 Å². The Balaban J connectivity index is 1.92. The third-order valence-corrected chi connectivity index (χ3v) is 2.94. The molecular formula is C10H11ClN4. The van der Waals surface area contributed by atoms with Crippen molar-refractivity contribution < 1.29 is 0 Å². The van der Waals surface area contributed by atoms with E-state index >= 15 is 0 Å². The van der Waals surface area contributed by atoms with E-state index in [1.54, 1.807) is 10.7 Å². The van der Waals surface area contributed by atoms with Crippen molar-refractivity contribution >= 4 is 23.2 Å². The first kappa shape index (κ1) is 8.97. The molecule has 1 fully saturated rings. The lowest BCUT2D eigenvalue weighted by molar-refractivity contribution is 0.902. The van der Waals surface area contributed by atoms with Gasteiger partial charge in [-0.1, -0.05) is 18.5 Å². The SMILES string of the molecule is CC1CC1Nc1nc2ccc(Cl)cn2n1. The summed E-state index contributed by atoms with van der Waals surface area (Å²) in [6, 6.07) is 4.21. The molecular weight excluding hydrogens is 212 g/mol. The van der Waals surface area contributed by atoms with Gasteiger partial charge in [-0.25, -0.2) is 4.52 Å².